The van der Waals surface area contributed by atoms with Crippen LogP contribution in [-0.4, -0.2) is 24.0 Å². The van der Waals surface area contributed by atoms with Gasteiger partial charge in [-0.2, -0.15) is 0 Å². The van der Waals surface area contributed by atoms with E-state index in [0.717, 1.165) is 38.3 Å². The molecule has 100 valence electrons. The Balaban J connectivity index is 1.98. The molecule has 0 spiro atoms. The first-order chi connectivity index (χ1) is 8.69. The standard InChI is InChI=1S/C14H20F2N2/c15-12-7-11(8-13(16)9-12)10-18-6-2-4-14(18)3-1-5-17/h7-9,14H,1-6,10,17H2. The highest BCUT2D eigenvalue weighted by Crippen LogP contribution is 2.23. The largest absolute Gasteiger partial charge is 0.330 e. The summed E-state index contributed by atoms with van der Waals surface area (Å²) in [6.45, 7) is 2.34. The van der Waals surface area contributed by atoms with Crippen molar-refractivity contribution in [1.29, 1.82) is 0 Å². The van der Waals surface area contributed by atoms with Gasteiger partial charge in [-0.15, -0.1) is 0 Å². The summed E-state index contributed by atoms with van der Waals surface area (Å²) in [6.07, 6.45) is 4.41. The Morgan fingerprint density at radius 3 is 2.61 bits per heavy atom. The number of benzene rings is 1. The van der Waals surface area contributed by atoms with Gasteiger partial charge in [0.15, 0.2) is 0 Å². The van der Waals surface area contributed by atoms with Gasteiger partial charge in [-0.1, -0.05) is 0 Å². The Labute approximate surface area is 107 Å². The molecular formula is C14H20F2N2. The Morgan fingerprint density at radius 2 is 1.94 bits per heavy atom. The fraction of sp³-hybridized carbons (Fsp3) is 0.571. The average Bonchev–Trinajstić information content (AvgIpc) is 2.72. The fourth-order valence-electron chi connectivity index (χ4n) is 2.72. The molecule has 1 aliphatic heterocycles. The highest BCUT2D eigenvalue weighted by atomic mass is 19.1. The molecule has 2 rings (SSSR count). The van der Waals surface area contributed by atoms with Crippen molar-refractivity contribution in [3.8, 4) is 0 Å². The van der Waals surface area contributed by atoms with Gasteiger partial charge in [0.2, 0.25) is 0 Å². The molecule has 1 atom stereocenters. The van der Waals surface area contributed by atoms with Crippen LogP contribution in [0.1, 0.15) is 31.2 Å². The highest BCUT2D eigenvalue weighted by Gasteiger charge is 2.23. The number of halogens is 2. The van der Waals surface area contributed by atoms with Crippen molar-refractivity contribution < 1.29 is 8.78 Å². The molecule has 18 heavy (non-hydrogen) atoms. The molecule has 4 heteroatoms. The molecule has 1 unspecified atom stereocenters. The Bertz CT molecular complexity index is 375. The van der Waals surface area contributed by atoms with Crippen LogP contribution in [0.5, 0.6) is 0 Å². The minimum atomic E-state index is -0.497. The first-order valence-corrected chi connectivity index (χ1v) is 6.58. The molecule has 1 fully saturated rings. The molecule has 0 radical (unpaired) electrons. The predicted octanol–water partition coefficient (Wildman–Crippen LogP) is 2.67. The third-order valence-electron chi connectivity index (χ3n) is 3.55. The number of hydrogen-bond donors (Lipinski definition) is 1. The van der Waals surface area contributed by atoms with Gasteiger partial charge in [0.25, 0.3) is 0 Å². The summed E-state index contributed by atoms with van der Waals surface area (Å²) >= 11 is 0. The van der Waals surface area contributed by atoms with Crippen LogP contribution < -0.4 is 5.73 Å². The molecule has 1 aromatic rings. The third kappa shape index (κ3) is 3.50. The van der Waals surface area contributed by atoms with Crippen molar-refractivity contribution in [2.75, 3.05) is 13.1 Å². The van der Waals surface area contributed by atoms with E-state index in [-0.39, 0.29) is 0 Å². The van der Waals surface area contributed by atoms with Gasteiger partial charge in [0, 0.05) is 18.7 Å². The van der Waals surface area contributed by atoms with Crippen LogP contribution in [0.3, 0.4) is 0 Å². The molecule has 2 nitrogen and oxygen atoms in total. The van der Waals surface area contributed by atoms with Gasteiger partial charge in [0.1, 0.15) is 11.6 Å². The molecule has 0 aliphatic carbocycles. The monoisotopic (exact) mass is 254 g/mol. The van der Waals surface area contributed by atoms with E-state index in [1.54, 1.807) is 0 Å². The molecule has 0 saturated carbocycles. The van der Waals surface area contributed by atoms with Crippen molar-refractivity contribution in [3.05, 3.63) is 35.4 Å². The lowest BCUT2D eigenvalue weighted by Gasteiger charge is -2.24. The number of hydrogen-bond acceptors (Lipinski definition) is 2. The average molecular weight is 254 g/mol. The van der Waals surface area contributed by atoms with Gasteiger partial charge in [-0.3, -0.25) is 4.90 Å². The maximum absolute atomic E-state index is 13.1. The molecular weight excluding hydrogens is 234 g/mol. The maximum atomic E-state index is 13.1. The summed E-state index contributed by atoms with van der Waals surface area (Å²) in [5.41, 5.74) is 6.24. The fourth-order valence-corrected chi connectivity index (χ4v) is 2.72. The smallest absolute Gasteiger partial charge is 0.126 e. The van der Waals surface area contributed by atoms with Crippen molar-refractivity contribution >= 4 is 0 Å². The van der Waals surface area contributed by atoms with Gasteiger partial charge in [-0.05, 0) is 56.5 Å². The lowest BCUT2D eigenvalue weighted by molar-refractivity contribution is 0.232. The van der Waals surface area contributed by atoms with Crippen molar-refractivity contribution in [2.45, 2.75) is 38.3 Å². The van der Waals surface area contributed by atoms with E-state index in [0.29, 0.717) is 24.7 Å². The molecule has 1 saturated heterocycles. The molecule has 2 N–H and O–H groups in total. The van der Waals surface area contributed by atoms with E-state index < -0.39 is 11.6 Å². The summed E-state index contributed by atoms with van der Waals surface area (Å²) in [6, 6.07) is 4.27. The van der Waals surface area contributed by atoms with Crippen molar-refractivity contribution in [3.63, 3.8) is 0 Å². The number of nitrogens with zero attached hydrogens (tertiary/aromatic N) is 1. The van der Waals surface area contributed by atoms with Crippen LogP contribution in [0, 0.1) is 11.6 Å². The Morgan fingerprint density at radius 1 is 1.22 bits per heavy atom. The van der Waals surface area contributed by atoms with Crippen LogP contribution in [0.25, 0.3) is 0 Å². The molecule has 0 amide bonds. The van der Waals surface area contributed by atoms with E-state index in [1.165, 1.54) is 12.1 Å². The van der Waals surface area contributed by atoms with E-state index in [2.05, 4.69) is 4.90 Å². The molecule has 0 aromatic heterocycles. The summed E-state index contributed by atoms with van der Waals surface area (Å²) in [5, 5.41) is 0. The van der Waals surface area contributed by atoms with Crippen LogP contribution in [-0.2, 0) is 6.54 Å². The first kappa shape index (κ1) is 13.4. The second kappa shape index (κ2) is 6.25. The zero-order valence-corrected chi connectivity index (χ0v) is 10.5. The van der Waals surface area contributed by atoms with E-state index in [1.807, 2.05) is 0 Å². The van der Waals surface area contributed by atoms with E-state index in [9.17, 15) is 8.78 Å². The summed E-state index contributed by atoms with van der Waals surface area (Å²) in [4.78, 5) is 2.31. The normalized spacial score (nSPS) is 20.5. The summed E-state index contributed by atoms with van der Waals surface area (Å²) < 4.78 is 26.3. The predicted molar refractivity (Wildman–Crippen MR) is 68.1 cm³/mol. The molecule has 1 heterocycles. The Kier molecular flexibility index (Phi) is 4.66. The van der Waals surface area contributed by atoms with E-state index >= 15 is 0 Å². The third-order valence-corrected chi connectivity index (χ3v) is 3.55. The minimum absolute atomic E-state index is 0.497. The second-order valence-corrected chi connectivity index (χ2v) is 4.98. The highest BCUT2D eigenvalue weighted by molar-refractivity contribution is 5.18. The summed E-state index contributed by atoms with van der Waals surface area (Å²) in [7, 11) is 0. The minimum Gasteiger partial charge on any atom is -0.330 e. The SMILES string of the molecule is NCCCC1CCCN1Cc1cc(F)cc(F)c1. The Hall–Kier alpha value is -1.00. The van der Waals surface area contributed by atoms with Crippen LogP contribution in [0.2, 0.25) is 0 Å². The van der Waals surface area contributed by atoms with Crippen LogP contribution >= 0.6 is 0 Å². The molecule has 1 aromatic carbocycles. The number of likely N-dealkylation sites (tertiary alicyclic amines) is 1. The summed E-state index contributed by atoms with van der Waals surface area (Å²) in [5.74, 6) is -0.995. The topological polar surface area (TPSA) is 29.3 Å². The van der Waals surface area contributed by atoms with Crippen LogP contribution in [0.4, 0.5) is 8.78 Å². The van der Waals surface area contributed by atoms with Gasteiger partial charge < -0.3 is 5.73 Å². The van der Waals surface area contributed by atoms with E-state index in [4.69, 9.17) is 5.73 Å². The van der Waals surface area contributed by atoms with Gasteiger partial charge >= 0.3 is 0 Å². The number of rotatable bonds is 5. The first-order valence-electron chi connectivity index (χ1n) is 6.58. The maximum Gasteiger partial charge on any atom is 0.126 e. The van der Waals surface area contributed by atoms with Gasteiger partial charge in [-0.25, -0.2) is 8.78 Å². The second-order valence-electron chi connectivity index (χ2n) is 4.98. The zero-order chi connectivity index (χ0) is 13.0. The lowest BCUT2D eigenvalue weighted by atomic mass is 10.1. The lowest BCUT2D eigenvalue weighted by Crippen LogP contribution is -2.29. The molecule has 1 aliphatic rings. The molecule has 0 bridgehead atoms. The quantitative estimate of drug-likeness (QED) is 0.875. The van der Waals surface area contributed by atoms with Gasteiger partial charge in [0.05, 0.1) is 0 Å². The van der Waals surface area contributed by atoms with Crippen molar-refractivity contribution in [2.24, 2.45) is 5.73 Å². The number of nitrogens with two attached hydrogens (primary N) is 1. The van der Waals surface area contributed by atoms with Crippen LogP contribution in [0.15, 0.2) is 18.2 Å². The zero-order valence-electron chi connectivity index (χ0n) is 10.5. The van der Waals surface area contributed by atoms with Crippen molar-refractivity contribution in [1.82, 2.24) is 4.90 Å².